The number of rotatable bonds is 1. The third kappa shape index (κ3) is 0.842. The van der Waals surface area contributed by atoms with Crippen LogP contribution in [0.15, 0.2) is 0 Å². The lowest BCUT2D eigenvalue weighted by molar-refractivity contribution is 0.555. The second-order valence-corrected chi connectivity index (χ2v) is 6.68. The van der Waals surface area contributed by atoms with Crippen LogP contribution in [-0.4, -0.2) is 18.0 Å². The molecule has 1 saturated heterocycles. The molecule has 0 aromatic heterocycles. The highest BCUT2D eigenvalue weighted by atomic mass is 31.2. The van der Waals surface area contributed by atoms with Crippen molar-refractivity contribution >= 4 is 7.14 Å². The van der Waals surface area contributed by atoms with Gasteiger partial charge in [-0.15, -0.1) is 0 Å². The summed E-state index contributed by atoms with van der Waals surface area (Å²) in [7, 11) is -1.56. The van der Waals surface area contributed by atoms with Crippen molar-refractivity contribution in [3.63, 3.8) is 0 Å². The Balaban J connectivity index is 2.54. The van der Waals surface area contributed by atoms with Gasteiger partial charge in [0.05, 0.1) is 7.14 Å². The van der Waals surface area contributed by atoms with E-state index in [1.54, 1.807) is 0 Å². The van der Waals surface area contributed by atoms with Crippen LogP contribution in [0.25, 0.3) is 0 Å². The third-order valence-electron chi connectivity index (χ3n) is 2.01. The van der Waals surface area contributed by atoms with E-state index in [-0.39, 0.29) is 0 Å². The molecule has 0 atom stereocenters. The lowest BCUT2D eigenvalue weighted by Gasteiger charge is -2.29. The molecule has 2 heteroatoms. The zero-order valence-corrected chi connectivity index (χ0v) is 6.45. The van der Waals surface area contributed by atoms with Gasteiger partial charge in [-0.1, -0.05) is 13.8 Å². The lowest BCUT2D eigenvalue weighted by atomic mass is 10.5. The van der Waals surface area contributed by atoms with E-state index in [1.165, 1.54) is 6.42 Å². The predicted octanol–water partition coefficient (Wildman–Crippen LogP) is 2.16. The summed E-state index contributed by atoms with van der Waals surface area (Å²) in [6.07, 6.45) is 3.24. The summed E-state index contributed by atoms with van der Waals surface area (Å²) in [5.41, 5.74) is 0.455. The maximum absolute atomic E-state index is 11.4. The molecule has 0 N–H and O–H groups in total. The van der Waals surface area contributed by atoms with Crippen LogP contribution in [-0.2, 0) is 4.57 Å². The molecule has 1 aliphatic heterocycles. The lowest BCUT2D eigenvalue weighted by Crippen LogP contribution is -2.15. The summed E-state index contributed by atoms with van der Waals surface area (Å²) in [6, 6.07) is 0. The SMILES string of the molecule is CC(C)P1(=O)CCC1. The van der Waals surface area contributed by atoms with E-state index in [0.717, 1.165) is 12.3 Å². The van der Waals surface area contributed by atoms with Crippen LogP contribution in [0, 0.1) is 0 Å². The first-order valence-electron chi connectivity index (χ1n) is 3.23. The molecule has 1 fully saturated rings. The van der Waals surface area contributed by atoms with Crippen molar-refractivity contribution in [1.29, 1.82) is 0 Å². The van der Waals surface area contributed by atoms with Crippen LogP contribution in [0.3, 0.4) is 0 Å². The second kappa shape index (κ2) is 1.88. The molecule has 0 bridgehead atoms. The normalized spacial score (nSPS) is 25.4. The topological polar surface area (TPSA) is 17.1 Å². The van der Waals surface area contributed by atoms with Crippen molar-refractivity contribution in [2.45, 2.75) is 25.9 Å². The zero-order chi connectivity index (χ0) is 6.20. The third-order valence-corrected chi connectivity index (χ3v) is 6.04. The summed E-state index contributed by atoms with van der Waals surface area (Å²) >= 11 is 0. The average Bonchev–Trinajstić information content (AvgIpc) is 1.60. The van der Waals surface area contributed by atoms with E-state index in [2.05, 4.69) is 13.8 Å². The van der Waals surface area contributed by atoms with E-state index in [9.17, 15) is 4.57 Å². The van der Waals surface area contributed by atoms with Gasteiger partial charge in [0, 0.05) is 18.0 Å². The Labute approximate surface area is 50.8 Å². The van der Waals surface area contributed by atoms with Crippen LogP contribution in [0.4, 0.5) is 0 Å². The van der Waals surface area contributed by atoms with Gasteiger partial charge in [0.2, 0.25) is 0 Å². The molecular formula is C6H13OP. The van der Waals surface area contributed by atoms with Gasteiger partial charge in [-0.3, -0.25) is 0 Å². The van der Waals surface area contributed by atoms with Gasteiger partial charge in [-0.2, -0.15) is 0 Å². The summed E-state index contributed by atoms with van der Waals surface area (Å²) in [5, 5.41) is 0. The highest BCUT2D eigenvalue weighted by Gasteiger charge is 2.32. The fourth-order valence-corrected chi connectivity index (χ4v) is 2.96. The fourth-order valence-electron chi connectivity index (χ4n) is 0.986. The van der Waals surface area contributed by atoms with Crippen molar-refractivity contribution in [1.82, 2.24) is 0 Å². The molecule has 1 nitrogen and oxygen atoms in total. The first kappa shape index (κ1) is 6.35. The van der Waals surface area contributed by atoms with E-state index in [0.29, 0.717) is 5.66 Å². The Morgan fingerprint density at radius 2 is 1.88 bits per heavy atom. The van der Waals surface area contributed by atoms with Crippen molar-refractivity contribution in [3.8, 4) is 0 Å². The molecule has 48 valence electrons. The summed E-state index contributed by atoms with van der Waals surface area (Å²) in [4.78, 5) is 0. The Kier molecular flexibility index (Phi) is 1.49. The molecule has 0 aliphatic carbocycles. The highest BCUT2D eigenvalue weighted by Crippen LogP contribution is 2.58. The number of hydrogen-bond acceptors (Lipinski definition) is 1. The first-order chi connectivity index (χ1) is 3.65. The van der Waals surface area contributed by atoms with Crippen LogP contribution in [0.2, 0.25) is 0 Å². The molecule has 0 spiro atoms. The Hall–Kier alpha value is 0.230. The minimum atomic E-state index is -1.56. The molecular weight excluding hydrogens is 119 g/mol. The van der Waals surface area contributed by atoms with Crippen molar-refractivity contribution < 1.29 is 4.57 Å². The van der Waals surface area contributed by atoms with Gasteiger partial charge >= 0.3 is 0 Å². The van der Waals surface area contributed by atoms with E-state index < -0.39 is 7.14 Å². The average molecular weight is 132 g/mol. The molecule has 0 saturated carbocycles. The fraction of sp³-hybridized carbons (Fsp3) is 1.00. The molecule has 0 aromatic rings. The molecule has 1 rings (SSSR count). The van der Waals surface area contributed by atoms with Gasteiger partial charge in [0.15, 0.2) is 0 Å². The van der Waals surface area contributed by atoms with Crippen molar-refractivity contribution in [3.05, 3.63) is 0 Å². The van der Waals surface area contributed by atoms with E-state index in [4.69, 9.17) is 0 Å². The quantitative estimate of drug-likeness (QED) is 0.499. The number of hydrogen-bond donors (Lipinski definition) is 0. The molecule has 1 aliphatic rings. The van der Waals surface area contributed by atoms with Gasteiger partial charge < -0.3 is 4.57 Å². The highest BCUT2D eigenvalue weighted by molar-refractivity contribution is 7.66. The van der Waals surface area contributed by atoms with Gasteiger partial charge in [-0.05, 0) is 6.42 Å². The van der Waals surface area contributed by atoms with Gasteiger partial charge in [-0.25, -0.2) is 0 Å². The summed E-state index contributed by atoms with van der Waals surface area (Å²) in [6.45, 7) is 4.14. The minimum Gasteiger partial charge on any atom is -0.323 e. The Bertz CT molecular complexity index is 120. The van der Waals surface area contributed by atoms with Crippen molar-refractivity contribution in [2.75, 3.05) is 12.3 Å². The minimum absolute atomic E-state index is 0.455. The van der Waals surface area contributed by atoms with Crippen molar-refractivity contribution in [2.24, 2.45) is 0 Å². The first-order valence-corrected chi connectivity index (χ1v) is 5.37. The molecule has 1 heterocycles. The zero-order valence-electron chi connectivity index (χ0n) is 5.55. The van der Waals surface area contributed by atoms with Gasteiger partial charge in [0.25, 0.3) is 0 Å². The molecule has 0 aromatic carbocycles. The second-order valence-electron chi connectivity index (χ2n) is 2.85. The largest absolute Gasteiger partial charge is 0.323 e. The van der Waals surface area contributed by atoms with Gasteiger partial charge in [0.1, 0.15) is 0 Å². The smallest absolute Gasteiger partial charge is 0.0901 e. The Morgan fingerprint density at radius 3 is 1.88 bits per heavy atom. The molecule has 0 radical (unpaired) electrons. The summed E-state index contributed by atoms with van der Waals surface area (Å²) < 4.78 is 11.4. The monoisotopic (exact) mass is 132 g/mol. The van der Waals surface area contributed by atoms with Crippen LogP contribution < -0.4 is 0 Å². The van der Waals surface area contributed by atoms with Crippen LogP contribution in [0.1, 0.15) is 20.3 Å². The van der Waals surface area contributed by atoms with Crippen LogP contribution >= 0.6 is 7.14 Å². The standard InChI is InChI=1S/C6H13OP/c1-6(2)8(7)4-3-5-8/h6H,3-5H2,1-2H3. The maximum Gasteiger partial charge on any atom is 0.0901 e. The maximum atomic E-state index is 11.4. The molecule has 0 amide bonds. The Morgan fingerprint density at radius 1 is 1.38 bits per heavy atom. The van der Waals surface area contributed by atoms with Crippen LogP contribution in [0.5, 0.6) is 0 Å². The summed E-state index contributed by atoms with van der Waals surface area (Å²) in [5.74, 6) is 0. The van der Waals surface area contributed by atoms with E-state index >= 15 is 0 Å². The molecule has 8 heavy (non-hydrogen) atoms. The predicted molar refractivity (Wildman–Crippen MR) is 37.1 cm³/mol. The molecule has 0 unspecified atom stereocenters. The van der Waals surface area contributed by atoms with E-state index in [1.807, 2.05) is 0 Å².